The van der Waals surface area contributed by atoms with Crippen LogP contribution in [0, 0.1) is 0 Å². The van der Waals surface area contributed by atoms with Crippen LogP contribution < -0.4 is 9.47 Å². The van der Waals surface area contributed by atoms with E-state index in [4.69, 9.17) is 9.47 Å². The monoisotopic (exact) mass is 352 g/mol. The molecular weight excluding hydrogens is 332 g/mol. The van der Waals surface area contributed by atoms with Gasteiger partial charge in [-0.15, -0.1) is 0 Å². The molecule has 0 spiro atoms. The van der Waals surface area contributed by atoms with Gasteiger partial charge in [0, 0.05) is 0 Å². The summed E-state index contributed by atoms with van der Waals surface area (Å²) >= 11 is 0. The van der Waals surface area contributed by atoms with Crippen LogP contribution in [0.3, 0.4) is 0 Å². The Balaban J connectivity index is 1.94. The molecule has 5 nitrogen and oxygen atoms in total. The normalized spacial score (nSPS) is 11.0. The van der Waals surface area contributed by atoms with Crippen molar-refractivity contribution in [3.05, 3.63) is 65.7 Å². The lowest BCUT2D eigenvalue weighted by Gasteiger charge is -2.03. The molecule has 0 amide bonds. The highest BCUT2D eigenvalue weighted by Gasteiger charge is 2.05. The van der Waals surface area contributed by atoms with E-state index >= 15 is 0 Å². The summed E-state index contributed by atoms with van der Waals surface area (Å²) in [4.78, 5) is 23.8. The van der Waals surface area contributed by atoms with Crippen LogP contribution in [0.5, 0.6) is 17.2 Å². The lowest BCUT2D eigenvalue weighted by Crippen LogP contribution is -2.01. The molecule has 0 unspecified atom stereocenters. The number of hydrogen-bond donors (Lipinski definition) is 1. The molecule has 5 heteroatoms. The van der Waals surface area contributed by atoms with Crippen molar-refractivity contribution in [3.8, 4) is 17.2 Å². The fourth-order valence-corrected chi connectivity index (χ4v) is 2.21. The van der Waals surface area contributed by atoms with Gasteiger partial charge in [-0.05, 0) is 47.5 Å². The molecule has 0 fully saturated rings. The molecule has 0 saturated heterocycles. The van der Waals surface area contributed by atoms with Gasteiger partial charge < -0.3 is 14.6 Å². The summed E-state index contributed by atoms with van der Waals surface area (Å²) in [6.45, 7) is 0. The molecule has 1 N–H and O–H groups in total. The average molecular weight is 352 g/mol. The molecule has 0 aliphatic carbocycles. The van der Waals surface area contributed by atoms with Crippen LogP contribution in [-0.2, 0) is 9.59 Å². The fraction of sp³-hybridized carbons (Fsp3) is 0.143. The predicted octanol–water partition coefficient (Wildman–Crippen LogP) is 3.66. The lowest BCUT2D eigenvalue weighted by atomic mass is 10.1. The minimum atomic E-state index is -0.308. The molecule has 0 aliphatic rings. The third-order valence-corrected chi connectivity index (χ3v) is 3.57. The summed E-state index contributed by atoms with van der Waals surface area (Å²) in [5.41, 5.74) is 1.50. The quantitative estimate of drug-likeness (QED) is 0.580. The van der Waals surface area contributed by atoms with E-state index in [1.54, 1.807) is 37.5 Å². The molecule has 0 saturated carbocycles. The molecule has 0 aromatic heterocycles. The number of phenols is 1. The zero-order valence-electron chi connectivity index (χ0n) is 14.6. The van der Waals surface area contributed by atoms with Crippen LogP contribution in [0.15, 0.2) is 54.6 Å². The number of phenolic OH excluding ortho intramolecular Hbond substituents is 1. The maximum Gasteiger partial charge on any atom is 0.163 e. The molecular formula is C21H20O5. The van der Waals surface area contributed by atoms with Gasteiger partial charge in [0.15, 0.2) is 23.1 Å². The maximum absolute atomic E-state index is 11.9. The Kier molecular flexibility index (Phi) is 6.74. The van der Waals surface area contributed by atoms with Gasteiger partial charge in [0.1, 0.15) is 5.75 Å². The minimum Gasteiger partial charge on any atom is -0.504 e. The van der Waals surface area contributed by atoms with Gasteiger partial charge in [0.05, 0.1) is 20.6 Å². The Labute approximate surface area is 152 Å². The molecule has 2 rings (SSSR count). The van der Waals surface area contributed by atoms with Crippen molar-refractivity contribution < 1.29 is 24.2 Å². The zero-order valence-corrected chi connectivity index (χ0v) is 14.6. The molecule has 0 radical (unpaired) electrons. The number of carbonyl (C=O) groups is 2. The summed E-state index contributed by atoms with van der Waals surface area (Å²) < 4.78 is 10.1. The number of ether oxygens (including phenoxy) is 2. The van der Waals surface area contributed by atoms with E-state index < -0.39 is 0 Å². The molecule has 26 heavy (non-hydrogen) atoms. The summed E-state index contributed by atoms with van der Waals surface area (Å²) in [6.07, 6.45) is 5.72. The standard InChI is InChI=1S/C21H20O5/c1-25-19-5-3-4-15(12-19)6-9-17(22)14-18(23)10-7-16-8-11-20(24)21(13-16)26-2/h3-13,24H,14H2,1-2H3/b9-6+,10-7+. The smallest absolute Gasteiger partial charge is 0.163 e. The van der Waals surface area contributed by atoms with Crippen molar-refractivity contribution in [1.29, 1.82) is 0 Å². The Bertz CT molecular complexity index is 849. The van der Waals surface area contributed by atoms with E-state index in [1.807, 2.05) is 18.2 Å². The minimum absolute atomic E-state index is 0.0221. The zero-order chi connectivity index (χ0) is 18.9. The third kappa shape index (κ3) is 5.63. The van der Waals surface area contributed by atoms with Gasteiger partial charge in [-0.2, -0.15) is 0 Å². The second-order valence-electron chi connectivity index (χ2n) is 5.48. The van der Waals surface area contributed by atoms with Crippen molar-refractivity contribution in [3.63, 3.8) is 0 Å². The van der Waals surface area contributed by atoms with E-state index in [0.29, 0.717) is 17.1 Å². The van der Waals surface area contributed by atoms with E-state index in [-0.39, 0.29) is 23.7 Å². The number of hydrogen-bond acceptors (Lipinski definition) is 5. The van der Waals surface area contributed by atoms with Gasteiger partial charge in [-0.25, -0.2) is 0 Å². The largest absolute Gasteiger partial charge is 0.504 e. The Morgan fingerprint density at radius 2 is 1.58 bits per heavy atom. The fourth-order valence-electron chi connectivity index (χ4n) is 2.21. The van der Waals surface area contributed by atoms with E-state index in [9.17, 15) is 14.7 Å². The van der Waals surface area contributed by atoms with Crippen LogP contribution >= 0.6 is 0 Å². The van der Waals surface area contributed by atoms with Gasteiger partial charge in [0.2, 0.25) is 0 Å². The van der Waals surface area contributed by atoms with Gasteiger partial charge in [0.25, 0.3) is 0 Å². The second kappa shape index (κ2) is 9.22. The SMILES string of the molecule is COc1cccc(/C=C/C(=O)CC(=O)/C=C/c2ccc(O)c(OC)c2)c1. The Morgan fingerprint density at radius 3 is 2.19 bits per heavy atom. The molecule has 0 bridgehead atoms. The van der Waals surface area contributed by atoms with Crippen molar-refractivity contribution in [2.75, 3.05) is 14.2 Å². The summed E-state index contributed by atoms with van der Waals surface area (Å²) in [5, 5.41) is 9.54. The maximum atomic E-state index is 11.9. The van der Waals surface area contributed by atoms with Crippen LogP contribution in [0.1, 0.15) is 17.5 Å². The second-order valence-corrected chi connectivity index (χ2v) is 5.48. The number of benzene rings is 2. The van der Waals surface area contributed by atoms with Crippen molar-refractivity contribution in [2.24, 2.45) is 0 Å². The average Bonchev–Trinajstić information content (AvgIpc) is 2.66. The number of rotatable bonds is 8. The van der Waals surface area contributed by atoms with Crippen LogP contribution in [0.25, 0.3) is 12.2 Å². The summed E-state index contributed by atoms with van der Waals surface area (Å²) in [5.74, 6) is 0.441. The number of carbonyl (C=O) groups excluding carboxylic acids is 2. The predicted molar refractivity (Wildman–Crippen MR) is 100 cm³/mol. The Morgan fingerprint density at radius 1 is 0.923 bits per heavy atom. The van der Waals surface area contributed by atoms with Gasteiger partial charge >= 0.3 is 0 Å². The van der Waals surface area contributed by atoms with E-state index in [1.165, 1.54) is 25.3 Å². The number of ketones is 2. The highest BCUT2D eigenvalue weighted by atomic mass is 16.5. The number of aromatic hydroxyl groups is 1. The lowest BCUT2D eigenvalue weighted by molar-refractivity contribution is -0.121. The van der Waals surface area contributed by atoms with Gasteiger partial charge in [-0.3, -0.25) is 9.59 Å². The van der Waals surface area contributed by atoms with E-state index in [2.05, 4.69) is 0 Å². The highest BCUT2D eigenvalue weighted by molar-refractivity contribution is 6.10. The first-order valence-corrected chi connectivity index (χ1v) is 7.94. The van der Waals surface area contributed by atoms with E-state index in [0.717, 1.165) is 5.56 Å². The molecule has 0 atom stereocenters. The van der Waals surface area contributed by atoms with Crippen LogP contribution in [0.2, 0.25) is 0 Å². The molecule has 134 valence electrons. The number of allylic oxidation sites excluding steroid dienone is 2. The van der Waals surface area contributed by atoms with Crippen molar-refractivity contribution >= 4 is 23.7 Å². The van der Waals surface area contributed by atoms with Gasteiger partial charge in [-0.1, -0.05) is 30.4 Å². The summed E-state index contributed by atoms with van der Waals surface area (Å²) in [6, 6.07) is 12.0. The third-order valence-electron chi connectivity index (χ3n) is 3.57. The van der Waals surface area contributed by atoms with Crippen LogP contribution in [-0.4, -0.2) is 30.9 Å². The van der Waals surface area contributed by atoms with Crippen LogP contribution in [0.4, 0.5) is 0 Å². The molecule has 0 heterocycles. The number of methoxy groups -OCH3 is 2. The topological polar surface area (TPSA) is 72.8 Å². The van der Waals surface area contributed by atoms with Crippen molar-refractivity contribution in [1.82, 2.24) is 0 Å². The summed E-state index contributed by atoms with van der Waals surface area (Å²) in [7, 11) is 3.02. The molecule has 0 aliphatic heterocycles. The molecule has 2 aromatic rings. The molecule has 2 aromatic carbocycles. The Hall–Kier alpha value is -3.34. The first-order valence-electron chi connectivity index (χ1n) is 7.94. The highest BCUT2D eigenvalue weighted by Crippen LogP contribution is 2.26. The van der Waals surface area contributed by atoms with Crippen molar-refractivity contribution in [2.45, 2.75) is 6.42 Å². The first-order chi connectivity index (χ1) is 12.5. The first kappa shape index (κ1) is 19.0.